The maximum atomic E-state index is 2.61. The predicted octanol–water partition coefficient (Wildman–Crippen LogP) is 8.37. The summed E-state index contributed by atoms with van der Waals surface area (Å²) in [5.74, 6) is 2.33. The molecule has 4 heteroatoms. The van der Waals surface area contributed by atoms with Crippen molar-refractivity contribution in [3.05, 3.63) is 39.4 Å². The van der Waals surface area contributed by atoms with E-state index in [1.165, 1.54) is 0 Å². The van der Waals surface area contributed by atoms with Crippen LogP contribution in [0.25, 0.3) is 0 Å². The molecular weight excluding hydrogens is 409 g/mol. The first kappa shape index (κ1) is 22.7. The molecule has 0 fully saturated rings. The number of rotatable bonds is 2. The normalized spacial score (nSPS) is 30.8. The van der Waals surface area contributed by atoms with Crippen molar-refractivity contribution in [2.24, 2.45) is 0 Å². The molecule has 1 aromatic heterocycles. The van der Waals surface area contributed by atoms with Gasteiger partial charge in [-0.15, -0.1) is 24.8 Å². The van der Waals surface area contributed by atoms with Crippen molar-refractivity contribution in [1.29, 1.82) is 0 Å². The first-order valence-corrected chi connectivity index (χ1v) is 33.9. The molecule has 0 amide bonds. The van der Waals surface area contributed by atoms with Gasteiger partial charge < -0.3 is 0 Å². The van der Waals surface area contributed by atoms with E-state index in [9.17, 15) is 0 Å². The van der Waals surface area contributed by atoms with Gasteiger partial charge in [-0.1, -0.05) is 0 Å². The molecule has 0 spiro atoms. The molecular formula is C18H38Cl2PZr. The molecule has 0 nitrogen and oxygen atoms in total. The molecule has 0 aromatic carbocycles. The van der Waals surface area contributed by atoms with Crippen LogP contribution >= 0.6 is 33.0 Å². The van der Waals surface area contributed by atoms with E-state index >= 15 is 0 Å². The molecule has 1 aliphatic rings. The van der Waals surface area contributed by atoms with E-state index in [0.29, 0.717) is 0 Å². The molecule has 0 radical (unpaired) electrons. The van der Waals surface area contributed by atoms with Gasteiger partial charge >= 0.3 is 109 Å². The number of halogens is 2. The molecule has 1 unspecified atom stereocenters. The quantitative estimate of drug-likeness (QED) is 0.427. The molecule has 22 heavy (non-hydrogen) atoms. The summed E-state index contributed by atoms with van der Waals surface area (Å²) >= 11 is 0. The zero-order chi connectivity index (χ0) is 16.1. The van der Waals surface area contributed by atoms with Crippen LogP contribution in [-0.4, -0.2) is 0 Å². The van der Waals surface area contributed by atoms with Crippen LogP contribution in [0.2, 0.25) is 41.7 Å². The van der Waals surface area contributed by atoms with Crippen molar-refractivity contribution in [1.82, 2.24) is 0 Å². The Morgan fingerprint density at radius 2 is 1.36 bits per heavy atom. The Morgan fingerprint density at radius 3 is 1.68 bits per heavy atom. The van der Waals surface area contributed by atoms with Gasteiger partial charge in [-0.3, -0.25) is 0 Å². The minimum atomic E-state index is -5.94. The first-order valence-electron chi connectivity index (χ1n) is 8.21. The predicted molar refractivity (Wildman–Crippen MR) is 115 cm³/mol. The first-order chi connectivity index (χ1) is 7.69. The van der Waals surface area contributed by atoms with Crippen LogP contribution in [0.3, 0.4) is 0 Å². The average Bonchev–Trinajstić information content (AvgIpc) is 2.74. The van der Waals surface area contributed by atoms with E-state index < -0.39 is 9.88 Å². The number of allylic oxidation sites excluding steroid dienone is 4. The third kappa shape index (κ3) is 2.69. The fraction of sp³-hybridized carbons (Fsp3) is 0.556. The molecule has 0 bridgehead atoms. The van der Waals surface area contributed by atoms with Crippen molar-refractivity contribution in [2.45, 2.75) is 48.1 Å². The third-order valence-electron chi connectivity index (χ3n) is 6.98. The minimum absolute atomic E-state index is 0. The summed E-state index contributed by atoms with van der Waals surface area (Å²) in [6, 6.07) is 4.65. The van der Waals surface area contributed by atoms with Gasteiger partial charge in [-0.2, -0.15) is 0 Å². The van der Waals surface area contributed by atoms with E-state index in [4.69, 9.17) is 0 Å². The summed E-state index contributed by atoms with van der Waals surface area (Å²) in [5, 5.41) is 0. The second-order valence-corrected chi connectivity index (χ2v) is 142. The van der Waals surface area contributed by atoms with Gasteiger partial charge in [-0.25, -0.2) is 0 Å². The van der Waals surface area contributed by atoms with E-state index in [0.717, 1.165) is 14.6 Å². The molecule has 0 saturated carbocycles. The molecule has 1 aromatic rings. The van der Waals surface area contributed by atoms with Gasteiger partial charge in [0, 0.05) is 0 Å². The van der Waals surface area contributed by atoms with Gasteiger partial charge in [-0.05, 0) is 0 Å². The number of hydrogen-bond donors (Lipinski definition) is 0. The van der Waals surface area contributed by atoms with E-state index in [1.807, 2.05) is 0 Å². The van der Waals surface area contributed by atoms with Gasteiger partial charge in [0.15, 0.2) is 0 Å². The summed E-state index contributed by atoms with van der Waals surface area (Å²) in [7, 11) is -5.19. The van der Waals surface area contributed by atoms with Crippen LogP contribution in [-0.2, 0) is 9.88 Å². The third-order valence-corrected chi connectivity index (χ3v) is 51.8. The van der Waals surface area contributed by atoms with Crippen molar-refractivity contribution < 1.29 is 9.88 Å². The fourth-order valence-corrected chi connectivity index (χ4v) is 32.0. The van der Waals surface area contributed by atoms with Crippen molar-refractivity contribution in [3.63, 3.8) is 0 Å². The Hall–Kier alpha value is 0.723. The van der Waals surface area contributed by atoms with Gasteiger partial charge in [0.05, 0.1) is 0 Å². The van der Waals surface area contributed by atoms with Crippen molar-refractivity contribution >= 4 is 36.0 Å². The summed E-state index contributed by atoms with van der Waals surface area (Å²) in [6.07, 6.45) is 7.97. The number of hydrogen-bond acceptors (Lipinski definition) is 0. The zero-order valence-corrected chi connectivity index (χ0v) is 21.1. The Morgan fingerprint density at radius 1 is 0.864 bits per heavy atom. The average molecular weight is 448 g/mol. The van der Waals surface area contributed by atoms with Crippen LogP contribution in [0.5, 0.6) is 0 Å². The molecule has 133 valence electrons. The second-order valence-electron chi connectivity index (χ2n) is 25.0. The summed E-state index contributed by atoms with van der Waals surface area (Å²) in [6.45, 7) is 0. The topological polar surface area (TPSA) is 0 Å². The van der Waals surface area contributed by atoms with Crippen molar-refractivity contribution in [3.8, 4) is 0 Å². The van der Waals surface area contributed by atoms with Crippen LogP contribution in [0.4, 0.5) is 0 Å². The van der Waals surface area contributed by atoms with Gasteiger partial charge in [0.2, 0.25) is 0 Å². The van der Waals surface area contributed by atoms with E-state index in [2.05, 4.69) is 77.8 Å². The summed E-state index contributed by atoms with van der Waals surface area (Å²) < 4.78 is 26.6. The monoisotopic (exact) mass is 445 g/mol. The Balaban J connectivity index is 0.00000220. The molecule has 1 atom stereocenters. The Bertz CT molecular complexity index is 834. The molecule has 2 rings (SSSR count). The molecule has 1 aliphatic carbocycles. The summed E-state index contributed by atoms with van der Waals surface area (Å²) in [5.41, 5.74) is 0. The van der Waals surface area contributed by atoms with Gasteiger partial charge in [0.25, 0.3) is 0 Å². The molecule has 0 aliphatic heterocycles. The van der Waals surface area contributed by atoms with Crippen LogP contribution < -0.4 is 3.00 Å². The maximum absolute atomic E-state index is 5.94. The standard InChI is InChI=1S/C5H5.C4H4P.9CH3.2ClH.Zr/c2*1-2-4-5-3-1;;;;;;;;;;;;/h1-3H,4H2;1-3,5H;9*1H3;2*1H;. The Kier molecular flexibility index (Phi) is 1.98. The zero-order valence-electron chi connectivity index (χ0n) is 16.0. The van der Waals surface area contributed by atoms with Crippen LogP contribution in [0.1, 0.15) is 6.42 Å². The fourth-order valence-electron chi connectivity index (χ4n) is 4.19. The molecule has 0 saturated heterocycles. The molecule has 0 N–H and O–H groups in total. The van der Waals surface area contributed by atoms with E-state index in [1.54, 1.807) is 6.28 Å². The SMILES string of the molecule is Cl.Cl.[CH3][Zr]([CH3])([CH3])([CH3])([CH3])([CH3])([CH3])([CH3])([CH3])([C]1=CC=CC1)[c]1ccc[pH]1. The van der Waals surface area contributed by atoms with Crippen LogP contribution in [0.15, 0.2) is 39.4 Å². The molecule has 1 heterocycles. The second kappa shape index (κ2) is 1.92. The van der Waals surface area contributed by atoms with E-state index in [-0.39, 0.29) is 24.8 Å². The summed E-state index contributed by atoms with van der Waals surface area (Å²) in [4.78, 5) is 0. The Labute approximate surface area is 132 Å². The van der Waals surface area contributed by atoms with Gasteiger partial charge in [0.1, 0.15) is 0 Å². The van der Waals surface area contributed by atoms with Crippen LogP contribution in [0, 0.1) is 0 Å². The van der Waals surface area contributed by atoms with Crippen molar-refractivity contribution in [2.75, 3.05) is 0 Å².